The third-order valence-corrected chi connectivity index (χ3v) is 7.29. The van der Waals surface area contributed by atoms with Crippen molar-refractivity contribution >= 4 is 34.7 Å². The number of hydrogen-bond donors (Lipinski definition) is 1. The van der Waals surface area contributed by atoms with Crippen molar-refractivity contribution in [2.45, 2.75) is 36.5 Å². The third kappa shape index (κ3) is 5.46. The Morgan fingerprint density at radius 3 is 2.65 bits per heavy atom. The van der Waals surface area contributed by atoms with Crippen LogP contribution in [0, 0.1) is 18.3 Å². The number of amides is 1. The monoisotopic (exact) mass is 448 g/mol. The van der Waals surface area contributed by atoms with E-state index in [1.54, 1.807) is 23.1 Å². The lowest BCUT2D eigenvalue weighted by Gasteiger charge is -2.34. The third-order valence-electron chi connectivity index (χ3n) is 5.37. The molecule has 5 nitrogen and oxygen atoms in total. The van der Waals surface area contributed by atoms with Gasteiger partial charge in [-0.2, -0.15) is 5.26 Å². The highest BCUT2D eigenvalue weighted by Crippen LogP contribution is 2.27. The molecule has 0 bridgehead atoms. The van der Waals surface area contributed by atoms with E-state index in [1.807, 2.05) is 55.5 Å². The fourth-order valence-corrected chi connectivity index (χ4v) is 5.36. The number of nitrogens with zero attached hydrogens (tertiary/aromatic N) is 3. The highest BCUT2D eigenvalue weighted by molar-refractivity contribution is 7.98. The number of carbonyl (C=O) groups is 1. The summed E-state index contributed by atoms with van der Waals surface area (Å²) in [6.07, 6.45) is 1.80. The first kappa shape index (κ1) is 21.4. The standard InChI is InChI=1S/C24H24N4OS2/c1-17-26-20(15-30-17)16-31-23-5-3-2-4-22(23)24(29)27-19-10-12-28(13-11-19)21-8-6-18(14-25)7-9-21/h2-9,15,19H,10-13,16H2,1H3,(H,27,29). The van der Waals surface area contributed by atoms with Gasteiger partial charge in [0, 0.05) is 40.8 Å². The fourth-order valence-electron chi connectivity index (χ4n) is 3.70. The van der Waals surface area contributed by atoms with Crippen LogP contribution in [0.4, 0.5) is 5.69 Å². The smallest absolute Gasteiger partial charge is 0.252 e. The predicted molar refractivity (Wildman–Crippen MR) is 127 cm³/mol. The molecule has 2 aromatic carbocycles. The number of rotatable bonds is 6. The van der Waals surface area contributed by atoms with Crippen molar-refractivity contribution in [2.75, 3.05) is 18.0 Å². The van der Waals surface area contributed by atoms with E-state index in [0.29, 0.717) is 5.56 Å². The zero-order valence-electron chi connectivity index (χ0n) is 17.4. The number of hydrogen-bond acceptors (Lipinski definition) is 6. The van der Waals surface area contributed by atoms with Crippen LogP contribution >= 0.6 is 23.1 Å². The van der Waals surface area contributed by atoms with Crippen molar-refractivity contribution in [1.82, 2.24) is 10.3 Å². The molecule has 3 aromatic rings. The minimum atomic E-state index is -0.00520. The maximum absolute atomic E-state index is 13.0. The Hall–Kier alpha value is -2.82. The molecule has 2 heterocycles. The van der Waals surface area contributed by atoms with E-state index in [4.69, 9.17) is 5.26 Å². The van der Waals surface area contributed by atoms with E-state index < -0.39 is 0 Å². The van der Waals surface area contributed by atoms with Gasteiger partial charge in [-0.25, -0.2) is 4.98 Å². The number of nitrogens with one attached hydrogen (secondary N) is 1. The van der Waals surface area contributed by atoms with Crippen molar-refractivity contribution < 1.29 is 4.79 Å². The summed E-state index contributed by atoms with van der Waals surface area (Å²) >= 11 is 3.31. The molecule has 1 aliphatic heterocycles. The Balaban J connectivity index is 1.33. The van der Waals surface area contributed by atoms with E-state index in [1.165, 1.54) is 0 Å². The SMILES string of the molecule is Cc1nc(CSc2ccccc2C(=O)NC2CCN(c3ccc(C#N)cc3)CC2)cs1. The molecule has 1 saturated heterocycles. The molecule has 1 aliphatic rings. The number of aryl methyl sites for hydroxylation is 1. The molecule has 0 unspecified atom stereocenters. The van der Waals surface area contributed by atoms with Crippen molar-refractivity contribution in [3.63, 3.8) is 0 Å². The summed E-state index contributed by atoms with van der Waals surface area (Å²) in [6.45, 7) is 3.78. The summed E-state index contributed by atoms with van der Waals surface area (Å²) < 4.78 is 0. The number of anilines is 1. The Morgan fingerprint density at radius 1 is 1.23 bits per heavy atom. The quantitative estimate of drug-likeness (QED) is 0.537. The zero-order valence-corrected chi connectivity index (χ0v) is 19.0. The van der Waals surface area contributed by atoms with E-state index in [0.717, 1.165) is 58.5 Å². The normalized spacial score (nSPS) is 14.3. The summed E-state index contributed by atoms with van der Waals surface area (Å²) in [4.78, 5) is 20.8. The lowest BCUT2D eigenvalue weighted by Crippen LogP contribution is -2.44. The predicted octanol–water partition coefficient (Wildman–Crippen LogP) is 5.01. The van der Waals surface area contributed by atoms with Crippen LogP contribution in [0.15, 0.2) is 58.8 Å². The summed E-state index contributed by atoms with van der Waals surface area (Å²) in [5.74, 6) is 0.756. The molecule has 0 saturated carbocycles. The summed E-state index contributed by atoms with van der Waals surface area (Å²) in [7, 11) is 0. The van der Waals surface area contributed by atoms with Gasteiger partial charge in [-0.15, -0.1) is 23.1 Å². The molecule has 4 rings (SSSR count). The van der Waals surface area contributed by atoms with Crippen molar-refractivity contribution in [1.29, 1.82) is 5.26 Å². The van der Waals surface area contributed by atoms with Gasteiger partial charge in [-0.3, -0.25) is 4.79 Å². The van der Waals surface area contributed by atoms with E-state index in [2.05, 4.69) is 26.6 Å². The Morgan fingerprint density at radius 2 is 1.97 bits per heavy atom. The van der Waals surface area contributed by atoms with Crippen LogP contribution in [0.3, 0.4) is 0 Å². The molecule has 1 N–H and O–H groups in total. The minimum Gasteiger partial charge on any atom is -0.371 e. The van der Waals surface area contributed by atoms with Crippen LogP contribution < -0.4 is 10.2 Å². The maximum Gasteiger partial charge on any atom is 0.252 e. The number of carbonyl (C=O) groups excluding carboxylic acids is 1. The fraction of sp³-hybridized carbons (Fsp3) is 0.292. The van der Waals surface area contributed by atoms with Crippen LogP contribution in [0.25, 0.3) is 0 Å². The van der Waals surface area contributed by atoms with Gasteiger partial charge in [0.2, 0.25) is 0 Å². The highest BCUT2D eigenvalue weighted by atomic mass is 32.2. The Kier molecular flexibility index (Phi) is 6.90. The molecule has 1 fully saturated rings. The minimum absolute atomic E-state index is 0.00520. The number of aromatic nitrogens is 1. The molecule has 0 spiro atoms. The number of thiazole rings is 1. The second-order valence-corrected chi connectivity index (χ2v) is 9.62. The number of piperidine rings is 1. The first-order valence-electron chi connectivity index (χ1n) is 10.3. The second-order valence-electron chi connectivity index (χ2n) is 7.54. The topological polar surface area (TPSA) is 69.0 Å². The lowest BCUT2D eigenvalue weighted by atomic mass is 10.0. The van der Waals surface area contributed by atoms with Gasteiger partial charge in [-0.05, 0) is 56.2 Å². The molecule has 0 atom stereocenters. The van der Waals surface area contributed by atoms with Crippen molar-refractivity contribution in [3.05, 3.63) is 75.7 Å². The van der Waals surface area contributed by atoms with Gasteiger partial charge in [-0.1, -0.05) is 12.1 Å². The molecule has 158 valence electrons. The van der Waals surface area contributed by atoms with Gasteiger partial charge in [0.15, 0.2) is 0 Å². The van der Waals surface area contributed by atoms with Gasteiger partial charge in [0.25, 0.3) is 5.91 Å². The number of thioether (sulfide) groups is 1. The summed E-state index contributed by atoms with van der Waals surface area (Å²) in [5, 5.41) is 15.3. The van der Waals surface area contributed by atoms with Crippen molar-refractivity contribution in [3.8, 4) is 6.07 Å². The van der Waals surface area contributed by atoms with Gasteiger partial charge >= 0.3 is 0 Å². The second kappa shape index (κ2) is 9.99. The average molecular weight is 449 g/mol. The average Bonchev–Trinajstić information content (AvgIpc) is 3.23. The zero-order chi connectivity index (χ0) is 21.6. The Bertz CT molecular complexity index is 1080. The van der Waals surface area contributed by atoms with Crippen LogP contribution in [0.1, 0.15) is 39.5 Å². The van der Waals surface area contributed by atoms with Gasteiger partial charge in [0.1, 0.15) is 0 Å². The molecular weight excluding hydrogens is 424 g/mol. The summed E-state index contributed by atoms with van der Waals surface area (Å²) in [5.41, 5.74) is 3.59. The molecule has 0 aliphatic carbocycles. The van der Waals surface area contributed by atoms with Crippen LogP contribution in [0.5, 0.6) is 0 Å². The van der Waals surface area contributed by atoms with Crippen LogP contribution in [0.2, 0.25) is 0 Å². The molecule has 1 aromatic heterocycles. The van der Waals surface area contributed by atoms with Crippen molar-refractivity contribution in [2.24, 2.45) is 0 Å². The molecule has 31 heavy (non-hydrogen) atoms. The molecule has 0 radical (unpaired) electrons. The number of benzene rings is 2. The van der Waals surface area contributed by atoms with E-state index in [9.17, 15) is 4.79 Å². The van der Waals surface area contributed by atoms with Gasteiger partial charge < -0.3 is 10.2 Å². The van der Waals surface area contributed by atoms with Crippen LogP contribution in [-0.2, 0) is 5.75 Å². The maximum atomic E-state index is 13.0. The molecule has 7 heteroatoms. The largest absolute Gasteiger partial charge is 0.371 e. The summed E-state index contributed by atoms with van der Waals surface area (Å²) in [6, 6.07) is 17.8. The number of nitriles is 1. The molecular formula is C24H24N4OS2. The van der Waals surface area contributed by atoms with E-state index >= 15 is 0 Å². The lowest BCUT2D eigenvalue weighted by molar-refractivity contribution is 0.0928. The highest BCUT2D eigenvalue weighted by Gasteiger charge is 2.22. The molecule has 1 amide bonds. The van der Waals surface area contributed by atoms with E-state index in [-0.39, 0.29) is 11.9 Å². The first-order valence-corrected chi connectivity index (χ1v) is 12.2. The van der Waals surface area contributed by atoms with Gasteiger partial charge in [0.05, 0.1) is 27.9 Å². The Labute approximate surface area is 191 Å². The van der Waals surface area contributed by atoms with Crippen LogP contribution in [-0.4, -0.2) is 30.0 Å². The first-order chi connectivity index (χ1) is 15.1.